The maximum atomic E-state index is 14.5. The van der Waals surface area contributed by atoms with Gasteiger partial charge in [0, 0.05) is 49.4 Å². The molecule has 15 nitrogen and oxygen atoms in total. The molecule has 5 fully saturated rings. The summed E-state index contributed by atoms with van der Waals surface area (Å²) < 4.78 is 46.5. The predicted octanol–water partition coefficient (Wildman–Crippen LogP) is 4.08. The zero-order valence-electron chi connectivity index (χ0n) is 34.2. The number of carbonyl (C=O) groups is 3. The van der Waals surface area contributed by atoms with Crippen LogP contribution in [-0.4, -0.2) is 127 Å². The van der Waals surface area contributed by atoms with Crippen LogP contribution in [0.2, 0.25) is 5.02 Å². The maximum absolute atomic E-state index is 14.5. The highest BCUT2D eigenvalue weighted by atomic mass is 35.5. The number of piperazine rings is 1. The minimum Gasteiger partial charge on any atom is -0.491 e. The number of thiazole rings is 1. The molecule has 2 saturated carbocycles. The van der Waals surface area contributed by atoms with Crippen LogP contribution in [0.3, 0.4) is 0 Å². The number of amides is 3. The molecule has 3 saturated heterocycles. The summed E-state index contributed by atoms with van der Waals surface area (Å²) in [7, 11) is -3.84. The molecular weight excluding hydrogens is 818 g/mol. The first kappa shape index (κ1) is 42.1. The number of carbonyl (C=O) groups excluding carboxylic acids is 3. The Labute approximate surface area is 354 Å². The summed E-state index contributed by atoms with van der Waals surface area (Å²) in [6, 6.07) is 3.47. The molecule has 8 rings (SSSR count). The van der Waals surface area contributed by atoms with Gasteiger partial charge in [-0.25, -0.2) is 18.4 Å². The van der Waals surface area contributed by atoms with Gasteiger partial charge in [0.05, 0.1) is 41.8 Å². The van der Waals surface area contributed by atoms with Gasteiger partial charge in [0.2, 0.25) is 21.8 Å². The van der Waals surface area contributed by atoms with Gasteiger partial charge in [-0.2, -0.15) is 0 Å². The highest BCUT2D eigenvalue weighted by molar-refractivity contribution is 7.91. The van der Waals surface area contributed by atoms with Gasteiger partial charge >= 0.3 is 0 Å². The average Bonchev–Trinajstić information content (AvgIpc) is 4.10. The monoisotopic (exact) mass is 871 g/mol. The Hall–Kier alpha value is -3.61. The van der Waals surface area contributed by atoms with Gasteiger partial charge in [-0.3, -0.25) is 24.0 Å². The molecule has 3 aromatic rings. The Balaban J connectivity index is 1.10. The number of benzene rings is 1. The molecule has 3 amide bonds. The second-order valence-electron chi connectivity index (χ2n) is 17.1. The van der Waals surface area contributed by atoms with Gasteiger partial charge in [0.25, 0.3) is 5.91 Å². The normalized spacial score (nSPS) is 27.3. The van der Waals surface area contributed by atoms with E-state index in [9.17, 15) is 22.8 Å². The lowest BCUT2D eigenvalue weighted by Crippen LogP contribution is -2.65. The van der Waals surface area contributed by atoms with Gasteiger partial charge in [0.15, 0.2) is 0 Å². The number of sulfonamides is 1. The van der Waals surface area contributed by atoms with Gasteiger partial charge in [-0.15, -0.1) is 11.3 Å². The lowest BCUT2D eigenvalue weighted by atomic mass is 9.98. The molecule has 0 radical (unpaired) electrons. The number of morpholine rings is 1. The molecule has 0 unspecified atom stereocenters. The van der Waals surface area contributed by atoms with Crippen molar-refractivity contribution in [2.75, 3.05) is 46.0 Å². The molecular formula is C41H54ClN7O8S2. The van der Waals surface area contributed by atoms with Crippen LogP contribution in [0, 0.1) is 11.8 Å². The summed E-state index contributed by atoms with van der Waals surface area (Å²) in [6.45, 7) is 14.5. The van der Waals surface area contributed by atoms with E-state index in [1.165, 1.54) is 11.3 Å². The summed E-state index contributed by atoms with van der Waals surface area (Å²) in [5.41, 5.74) is 0.588. The van der Waals surface area contributed by atoms with Crippen molar-refractivity contribution < 1.29 is 37.0 Å². The van der Waals surface area contributed by atoms with E-state index < -0.39 is 56.9 Å². The molecule has 5 aliphatic rings. The summed E-state index contributed by atoms with van der Waals surface area (Å²) in [6.07, 6.45) is 1.35. The number of nitrogens with zero attached hydrogens (tertiary/aromatic N) is 4. The van der Waals surface area contributed by atoms with Gasteiger partial charge in [0.1, 0.15) is 51.5 Å². The van der Waals surface area contributed by atoms with E-state index in [2.05, 4.69) is 34.1 Å². The van der Waals surface area contributed by atoms with Crippen LogP contribution in [0.4, 0.5) is 0 Å². The summed E-state index contributed by atoms with van der Waals surface area (Å²) in [4.78, 5) is 56.1. The SMILES string of the molecule is CC[C@@H]1C[C@]1(NC(=O)[C@@H]1C[C@@H](Oc2cc(-c3nc(C(C)C)cs3)nc3c(Cl)c(OCCN4CCOCC4)ccc23)[C@H]2CN[C@H](C(C)C)C(=O)N21)C(=O)NS(=O)(=O)C1CC1. The standard InChI is InChI=1S/C41H54ClN7O8S2/c1-6-24-19-41(24,40(52)47-59(53,54)25-7-8-25)46-37(50)29-18-33(30-20-43-35(23(4)5)39(51)49(29)30)57-32-17-27(38-45-28(21-58-38)22(2)3)44-36-26(32)9-10-31(34(36)42)56-16-13-48-11-14-55-15-12-48/h9-10,17,21-25,29-30,33,35,43H,6-8,11-16,18-20H2,1-5H3,(H,46,50)(H,47,52)/t24-,29+,30-,33-,35-,41-/m1/s1. The van der Waals surface area contributed by atoms with Crippen LogP contribution in [0.15, 0.2) is 23.6 Å². The fourth-order valence-electron chi connectivity index (χ4n) is 8.59. The van der Waals surface area contributed by atoms with E-state index in [1.807, 2.05) is 44.4 Å². The number of hydrogen-bond donors (Lipinski definition) is 3. The fraction of sp³-hybridized carbons (Fsp3) is 0.634. The zero-order chi connectivity index (χ0) is 41.8. The van der Waals surface area contributed by atoms with Crippen LogP contribution in [-0.2, 0) is 29.1 Å². The topological polar surface area (TPSA) is 181 Å². The largest absolute Gasteiger partial charge is 0.491 e. The van der Waals surface area contributed by atoms with E-state index in [0.717, 1.165) is 25.3 Å². The van der Waals surface area contributed by atoms with Crippen LogP contribution in [0.1, 0.15) is 78.3 Å². The van der Waals surface area contributed by atoms with Crippen LogP contribution in [0.5, 0.6) is 11.5 Å². The highest BCUT2D eigenvalue weighted by Crippen LogP contribution is 2.47. The third-order valence-corrected chi connectivity index (χ3v) is 15.5. The maximum Gasteiger partial charge on any atom is 0.259 e. The first-order chi connectivity index (χ1) is 28.2. The fourth-order valence-corrected chi connectivity index (χ4v) is 11.2. The van der Waals surface area contributed by atoms with Gasteiger partial charge < -0.3 is 29.7 Å². The molecule has 18 heteroatoms. The minimum absolute atomic E-state index is 0.0575. The Morgan fingerprint density at radius 2 is 1.90 bits per heavy atom. The highest BCUT2D eigenvalue weighted by Gasteiger charge is 2.63. The Bertz CT molecular complexity index is 2210. The number of ether oxygens (including phenoxy) is 3. The van der Waals surface area contributed by atoms with Crippen molar-refractivity contribution >= 4 is 61.6 Å². The number of aromatic nitrogens is 2. The molecule has 5 heterocycles. The van der Waals surface area contributed by atoms with Crippen molar-refractivity contribution in [3.05, 3.63) is 34.3 Å². The number of pyridine rings is 1. The van der Waals surface area contributed by atoms with E-state index in [-0.39, 0.29) is 30.1 Å². The van der Waals surface area contributed by atoms with E-state index >= 15 is 0 Å². The summed E-state index contributed by atoms with van der Waals surface area (Å²) in [5, 5.41) is 9.43. The Morgan fingerprint density at radius 3 is 2.56 bits per heavy atom. The summed E-state index contributed by atoms with van der Waals surface area (Å²) >= 11 is 8.58. The lowest BCUT2D eigenvalue weighted by Gasteiger charge is -2.40. The number of nitrogens with one attached hydrogen (secondary N) is 3. The van der Waals surface area contributed by atoms with Crippen LogP contribution < -0.4 is 24.8 Å². The molecule has 0 bridgehead atoms. The molecule has 3 N–H and O–H groups in total. The number of rotatable bonds is 15. The molecule has 6 atom stereocenters. The second kappa shape index (κ2) is 16.7. The number of halogens is 1. The summed E-state index contributed by atoms with van der Waals surface area (Å²) in [5.74, 6) is -0.603. The third-order valence-electron chi connectivity index (χ3n) is 12.4. The lowest BCUT2D eigenvalue weighted by molar-refractivity contribution is -0.146. The molecule has 2 aliphatic carbocycles. The first-order valence-corrected chi connectivity index (χ1v) is 23.6. The minimum atomic E-state index is -3.84. The zero-order valence-corrected chi connectivity index (χ0v) is 36.6. The van der Waals surface area contributed by atoms with Crippen molar-refractivity contribution in [2.45, 2.75) is 108 Å². The molecule has 320 valence electrons. The molecule has 59 heavy (non-hydrogen) atoms. The van der Waals surface area contributed by atoms with Crippen molar-refractivity contribution in [3.63, 3.8) is 0 Å². The van der Waals surface area contributed by atoms with E-state index in [1.54, 1.807) is 4.90 Å². The molecule has 2 aromatic heterocycles. The molecule has 3 aliphatic heterocycles. The van der Waals surface area contributed by atoms with Crippen molar-refractivity contribution in [2.24, 2.45) is 11.8 Å². The van der Waals surface area contributed by atoms with Crippen molar-refractivity contribution in [3.8, 4) is 22.2 Å². The van der Waals surface area contributed by atoms with Gasteiger partial charge in [-0.05, 0) is 49.1 Å². The molecule has 0 spiro atoms. The van der Waals surface area contributed by atoms with E-state index in [4.69, 9.17) is 35.8 Å². The molecule has 1 aromatic carbocycles. The Kier molecular flexibility index (Phi) is 11.9. The first-order valence-electron chi connectivity index (χ1n) is 20.8. The van der Waals surface area contributed by atoms with Crippen LogP contribution in [0.25, 0.3) is 21.6 Å². The van der Waals surface area contributed by atoms with Crippen molar-refractivity contribution in [1.29, 1.82) is 0 Å². The smallest absolute Gasteiger partial charge is 0.259 e. The number of hydrogen-bond acceptors (Lipinski definition) is 13. The third kappa shape index (κ3) is 8.39. The second-order valence-corrected chi connectivity index (χ2v) is 20.3. The van der Waals surface area contributed by atoms with Gasteiger partial charge in [-0.1, -0.05) is 52.6 Å². The Morgan fingerprint density at radius 1 is 1.14 bits per heavy atom. The quantitative estimate of drug-likeness (QED) is 0.200. The van der Waals surface area contributed by atoms with Crippen molar-refractivity contribution in [1.82, 2.24) is 35.1 Å². The predicted molar refractivity (Wildman–Crippen MR) is 224 cm³/mol. The van der Waals surface area contributed by atoms with Crippen LogP contribution >= 0.6 is 22.9 Å². The number of fused-ring (bicyclic) bond motifs is 2. The van der Waals surface area contributed by atoms with E-state index in [0.29, 0.717) is 90.2 Å². The average molecular weight is 873 g/mol.